The quantitative estimate of drug-likeness (QED) is 0.687. The van der Waals surface area contributed by atoms with Crippen LogP contribution < -0.4 is 5.32 Å². The Labute approximate surface area is 126 Å². The number of ketones is 1. The van der Waals surface area contributed by atoms with E-state index >= 15 is 0 Å². The van der Waals surface area contributed by atoms with Crippen molar-refractivity contribution in [2.45, 2.75) is 52.2 Å². The molecular formula is C17H25NO3. The van der Waals surface area contributed by atoms with Gasteiger partial charge in [0.15, 0.2) is 5.78 Å². The Bertz CT molecular complexity index is 471. The predicted molar refractivity (Wildman–Crippen MR) is 83.4 cm³/mol. The van der Waals surface area contributed by atoms with Crippen molar-refractivity contribution in [3.05, 3.63) is 35.4 Å². The zero-order chi connectivity index (χ0) is 15.9. The van der Waals surface area contributed by atoms with Crippen molar-refractivity contribution in [3.63, 3.8) is 0 Å². The third-order valence-electron chi connectivity index (χ3n) is 3.08. The van der Waals surface area contributed by atoms with Crippen molar-refractivity contribution in [1.29, 1.82) is 0 Å². The number of hydrogen-bond donors (Lipinski definition) is 1. The first-order valence-electron chi connectivity index (χ1n) is 7.29. The molecule has 1 aliphatic heterocycles. The number of carbonyl (C=O) groups excluding carboxylic acids is 2. The van der Waals surface area contributed by atoms with E-state index in [9.17, 15) is 9.59 Å². The van der Waals surface area contributed by atoms with Gasteiger partial charge in [-0.15, -0.1) is 0 Å². The molecule has 1 N–H and O–H groups in total. The van der Waals surface area contributed by atoms with Crippen LogP contribution in [-0.2, 0) is 9.53 Å². The van der Waals surface area contributed by atoms with E-state index < -0.39 is 0 Å². The summed E-state index contributed by atoms with van der Waals surface area (Å²) in [5.41, 5.74) is 1.67. The Morgan fingerprint density at radius 2 is 2.10 bits per heavy atom. The second-order valence-corrected chi connectivity index (χ2v) is 6.21. The highest BCUT2D eigenvalue weighted by molar-refractivity contribution is 6.00. The lowest BCUT2D eigenvalue weighted by Gasteiger charge is -2.14. The highest BCUT2D eigenvalue weighted by Gasteiger charge is 2.22. The molecule has 0 unspecified atom stereocenters. The first kappa shape index (κ1) is 17.4. The van der Waals surface area contributed by atoms with E-state index in [2.05, 4.69) is 10.1 Å². The van der Waals surface area contributed by atoms with E-state index in [1.807, 2.05) is 52.0 Å². The van der Waals surface area contributed by atoms with Gasteiger partial charge in [-0.05, 0) is 53.1 Å². The third kappa shape index (κ3) is 6.54. The zero-order valence-electron chi connectivity index (χ0n) is 13.3. The summed E-state index contributed by atoms with van der Waals surface area (Å²) >= 11 is 0. The topological polar surface area (TPSA) is 55.4 Å². The van der Waals surface area contributed by atoms with Crippen LogP contribution in [0.2, 0.25) is 0 Å². The number of aryl methyl sites for hydroxylation is 1. The molecule has 0 aromatic heterocycles. The molecule has 116 valence electrons. The molecule has 0 radical (unpaired) electrons. The van der Waals surface area contributed by atoms with Gasteiger partial charge >= 0.3 is 0 Å². The van der Waals surface area contributed by atoms with Crippen LogP contribution in [0.3, 0.4) is 0 Å². The van der Waals surface area contributed by atoms with Crippen LogP contribution in [0.1, 0.15) is 49.5 Å². The van der Waals surface area contributed by atoms with Gasteiger partial charge in [-0.1, -0.05) is 23.8 Å². The molecule has 4 nitrogen and oxygen atoms in total. The summed E-state index contributed by atoms with van der Waals surface area (Å²) in [5, 5.41) is 3.22. The highest BCUT2D eigenvalue weighted by Crippen LogP contribution is 2.13. The number of carbonyl (C=O) groups is 2. The minimum atomic E-state index is -0.318. The summed E-state index contributed by atoms with van der Waals surface area (Å²) in [6.45, 7) is 8.91. The van der Waals surface area contributed by atoms with Crippen LogP contribution in [0.25, 0.3) is 0 Å². The summed E-state index contributed by atoms with van der Waals surface area (Å²) in [4.78, 5) is 21.5. The molecule has 0 bridgehead atoms. The van der Waals surface area contributed by atoms with Crippen LogP contribution >= 0.6 is 0 Å². The molecule has 4 heteroatoms. The van der Waals surface area contributed by atoms with Gasteiger partial charge in [0.05, 0.1) is 6.04 Å². The first-order valence-corrected chi connectivity index (χ1v) is 7.29. The Balaban J connectivity index is 0.000000270. The van der Waals surface area contributed by atoms with Crippen molar-refractivity contribution in [3.8, 4) is 0 Å². The van der Waals surface area contributed by atoms with Crippen LogP contribution in [0.15, 0.2) is 24.3 Å². The number of rotatable bonds is 3. The monoisotopic (exact) mass is 291 g/mol. The fraction of sp³-hybridized carbons (Fsp3) is 0.529. The molecular weight excluding hydrogens is 266 g/mol. The van der Waals surface area contributed by atoms with Crippen LogP contribution in [-0.4, -0.2) is 30.4 Å². The Kier molecular flexibility index (Phi) is 6.56. The fourth-order valence-electron chi connectivity index (χ4n) is 2.05. The smallest absolute Gasteiger partial charge is 0.293 e. The lowest BCUT2D eigenvalue weighted by Crippen LogP contribution is -2.30. The number of hydrogen-bond acceptors (Lipinski definition) is 4. The third-order valence-corrected chi connectivity index (χ3v) is 3.08. The SMILES string of the molecule is CC(C)(C)OC=O.Cc1cccc(C(=O)[C@H]2CCCN2)c1. The summed E-state index contributed by atoms with van der Waals surface area (Å²) in [6.07, 6.45) is 2.09. The molecule has 0 aliphatic carbocycles. The van der Waals surface area contributed by atoms with Crippen molar-refractivity contribution in [2.75, 3.05) is 6.54 Å². The molecule has 2 rings (SSSR count). The maximum atomic E-state index is 11.9. The average molecular weight is 291 g/mol. The number of ether oxygens (including phenoxy) is 1. The summed E-state index contributed by atoms with van der Waals surface area (Å²) in [6, 6.07) is 7.87. The molecule has 21 heavy (non-hydrogen) atoms. The summed E-state index contributed by atoms with van der Waals surface area (Å²) in [7, 11) is 0. The lowest BCUT2D eigenvalue weighted by atomic mass is 10.0. The molecule has 1 aromatic carbocycles. The average Bonchev–Trinajstić information content (AvgIpc) is 2.91. The molecule has 1 aliphatic rings. The summed E-state index contributed by atoms with van der Waals surface area (Å²) in [5.74, 6) is 0.242. The van der Waals surface area contributed by atoms with Gasteiger partial charge < -0.3 is 10.1 Å². The minimum Gasteiger partial charge on any atom is -0.462 e. The van der Waals surface area contributed by atoms with E-state index in [1.165, 1.54) is 0 Å². The van der Waals surface area contributed by atoms with Gasteiger partial charge in [0, 0.05) is 5.56 Å². The normalized spacial score (nSPS) is 17.6. The van der Waals surface area contributed by atoms with E-state index in [1.54, 1.807) is 0 Å². The van der Waals surface area contributed by atoms with Crippen molar-refractivity contribution >= 4 is 12.3 Å². The first-order chi connectivity index (χ1) is 9.83. The van der Waals surface area contributed by atoms with Crippen molar-refractivity contribution in [1.82, 2.24) is 5.32 Å². The molecule has 1 atom stereocenters. The Hall–Kier alpha value is -1.68. The number of benzene rings is 1. The number of Topliss-reactive ketones (excluding diaryl/α,β-unsaturated/α-hetero) is 1. The fourth-order valence-corrected chi connectivity index (χ4v) is 2.05. The number of nitrogens with one attached hydrogen (secondary N) is 1. The molecule has 1 aromatic rings. The molecule has 0 spiro atoms. The van der Waals surface area contributed by atoms with Crippen LogP contribution in [0.5, 0.6) is 0 Å². The van der Waals surface area contributed by atoms with Gasteiger partial charge in [0.2, 0.25) is 0 Å². The highest BCUT2D eigenvalue weighted by atomic mass is 16.5. The molecule has 1 saturated heterocycles. The maximum absolute atomic E-state index is 11.9. The van der Waals surface area contributed by atoms with E-state index in [0.29, 0.717) is 6.47 Å². The largest absolute Gasteiger partial charge is 0.462 e. The van der Waals surface area contributed by atoms with Crippen molar-refractivity contribution in [2.24, 2.45) is 0 Å². The van der Waals surface area contributed by atoms with E-state index in [-0.39, 0.29) is 17.4 Å². The molecule has 0 saturated carbocycles. The van der Waals surface area contributed by atoms with E-state index in [4.69, 9.17) is 0 Å². The van der Waals surface area contributed by atoms with E-state index in [0.717, 1.165) is 30.5 Å². The van der Waals surface area contributed by atoms with Gasteiger partial charge in [0.25, 0.3) is 6.47 Å². The molecule has 1 fully saturated rings. The predicted octanol–water partition coefficient (Wildman–Crippen LogP) is 2.89. The molecule has 1 heterocycles. The maximum Gasteiger partial charge on any atom is 0.293 e. The molecule has 0 amide bonds. The Morgan fingerprint density at radius 3 is 2.52 bits per heavy atom. The lowest BCUT2D eigenvalue weighted by molar-refractivity contribution is -0.138. The van der Waals surface area contributed by atoms with Crippen LogP contribution in [0.4, 0.5) is 0 Å². The van der Waals surface area contributed by atoms with Crippen LogP contribution in [0, 0.1) is 6.92 Å². The van der Waals surface area contributed by atoms with Crippen molar-refractivity contribution < 1.29 is 14.3 Å². The van der Waals surface area contributed by atoms with Gasteiger partial charge in [-0.2, -0.15) is 0 Å². The summed E-state index contributed by atoms with van der Waals surface area (Å²) < 4.78 is 4.55. The Morgan fingerprint density at radius 1 is 1.38 bits per heavy atom. The standard InChI is InChI=1S/C12H15NO.C5H10O2/c1-9-4-2-5-10(8-9)12(14)11-6-3-7-13-11;1-5(2,3)7-4-6/h2,4-5,8,11,13H,3,6-7H2,1H3;4H,1-3H3/t11-;/m1./s1. The second kappa shape index (κ2) is 7.93. The minimum absolute atomic E-state index is 0.0526. The van der Waals surface area contributed by atoms with Gasteiger partial charge in [-0.25, -0.2) is 0 Å². The van der Waals surface area contributed by atoms with Gasteiger partial charge in [0.1, 0.15) is 5.60 Å². The van der Waals surface area contributed by atoms with Gasteiger partial charge in [-0.3, -0.25) is 9.59 Å². The second-order valence-electron chi connectivity index (χ2n) is 6.21. The zero-order valence-corrected chi connectivity index (χ0v) is 13.3.